The van der Waals surface area contributed by atoms with Crippen molar-refractivity contribution in [3.63, 3.8) is 0 Å². The van der Waals surface area contributed by atoms with Crippen molar-refractivity contribution in [2.75, 3.05) is 52.5 Å². The Morgan fingerprint density at radius 3 is 2.27 bits per heavy atom. The molecule has 0 radical (unpaired) electrons. The summed E-state index contributed by atoms with van der Waals surface area (Å²) in [7, 11) is 0. The van der Waals surface area contributed by atoms with Gasteiger partial charge in [-0.3, -0.25) is 14.4 Å². The SMILES string of the molecule is Cc1ccc(-c2noc(CCC(=O)N3CCN(C(=O)C(=O)N4CCOCC4)CC3)n2)cc1F. The molecule has 2 fully saturated rings. The Morgan fingerprint density at radius 1 is 0.970 bits per heavy atom. The molecule has 33 heavy (non-hydrogen) atoms. The fourth-order valence-electron chi connectivity index (χ4n) is 3.77. The van der Waals surface area contributed by atoms with Gasteiger partial charge in [-0.1, -0.05) is 17.3 Å². The van der Waals surface area contributed by atoms with Crippen LogP contribution in [0.4, 0.5) is 4.39 Å². The molecule has 1 aromatic heterocycles. The lowest BCUT2D eigenvalue weighted by Gasteiger charge is -2.35. The van der Waals surface area contributed by atoms with E-state index in [0.717, 1.165) is 0 Å². The standard InChI is InChI=1S/C22H26FN5O5/c1-15-2-3-16(14-17(15)23)20-24-18(33-25-20)4-5-19(29)26-6-8-27(9-7-26)21(30)22(31)28-10-12-32-13-11-28/h2-3,14H,4-13H2,1H3. The van der Waals surface area contributed by atoms with Crippen molar-refractivity contribution in [3.8, 4) is 11.4 Å². The van der Waals surface area contributed by atoms with E-state index >= 15 is 0 Å². The molecule has 0 aliphatic carbocycles. The van der Waals surface area contributed by atoms with Gasteiger partial charge in [0, 0.05) is 57.7 Å². The zero-order chi connectivity index (χ0) is 23.4. The van der Waals surface area contributed by atoms with E-state index in [4.69, 9.17) is 9.26 Å². The molecular weight excluding hydrogens is 433 g/mol. The maximum absolute atomic E-state index is 13.8. The summed E-state index contributed by atoms with van der Waals surface area (Å²) in [6.07, 6.45) is 0.430. The van der Waals surface area contributed by atoms with Gasteiger partial charge in [0.1, 0.15) is 5.82 Å². The van der Waals surface area contributed by atoms with Gasteiger partial charge in [0.05, 0.1) is 13.2 Å². The van der Waals surface area contributed by atoms with Crippen LogP contribution in [0.25, 0.3) is 11.4 Å². The van der Waals surface area contributed by atoms with Crippen LogP contribution in [0, 0.1) is 12.7 Å². The number of hydrogen-bond acceptors (Lipinski definition) is 7. The molecule has 2 saturated heterocycles. The molecule has 2 aliphatic heterocycles. The van der Waals surface area contributed by atoms with Crippen LogP contribution in [-0.4, -0.2) is 95.0 Å². The number of carbonyl (C=O) groups excluding carboxylic acids is 3. The van der Waals surface area contributed by atoms with Crippen LogP contribution in [0.2, 0.25) is 0 Å². The Hall–Kier alpha value is -3.34. The van der Waals surface area contributed by atoms with Gasteiger partial charge >= 0.3 is 11.8 Å². The molecule has 10 nitrogen and oxygen atoms in total. The monoisotopic (exact) mass is 459 g/mol. The van der Waals surface area contributed by atoms with Gasteiger partial charge in [0.25, 0.3) is 0 Å². The van der Waals surface area contributed by atoms with E-state index in [1.165, 1.54) is 15.9 Å². The van der Waals surface area contributed by atoms with E-state index in [2.05, 4.69) is 10.1 Å². The Kier molecular flexibility index (Phi) is 6.97. The van der Waals surface area contributed by atoms with Gasteiger partial charge in [-0.2, -0.15) is 4.98 Å². The lowest BCUT2D eigenvalue weighted by atomic mass is 10.1. The predicted octanol–water partition coefficient (Wildman–Crippen LogP) is 0.646. The Morgan fingerprint density at radius 2 is 1.61 bits per heavy atom. The summed E-state index contributed by atoms with van der Waals surface area (Å²) in [6.45, 7) is 4.71. The van der Waals surface area contributed by atoms with Crippen LogP contribution in [0.5, 0.6) is 0 Å². The molecule has 0 atom stereocenters. The largest absolute Gasteiger partial charge is 0.378 e. The highest BCUT2D eigenvalue weighted by Crippen LogP contribution is 2.19. The second kappa shape index (κ2) is 10.1. The highest BCUT2D eigenvalue weighted by Gasteiger charge is 2.31. The third-order valence-electron chi connectivity index (χ3n) is 5.85. The summed E-state index contributed by atoms with van der Waals surface area (Å²) in [5.74, 6) is -0.924. The number of carbonyl (C=O) groups is 3. The van der Waals surface area contributed by atoms with Crippen LogP contribution < -0.4 is 0 Å². The van der Waals surface area contributed by atoms with E-state index in [9.17, 15) is 18.8 Å². The number of halogens is 1. The number of rotatable bonds is 4. The Labute approximate surface area is 190 Å². The predicted molar refractivity (Wildman–Crippen MR) is 113 cm³/mol. The van der Waals surface area contributed by atoms with E-state index in [0.29, 0.717) is 69.5 Å². The number of amides is 3. The Bertz CT molecular complexity index is 1030. The van der Waals surface area contributed by atoms with Gasteiger partial charge in [-0.25, -0.2) is 4.39 Å². The maximum Gasteiger partial charge on any atom is 0.312 e. The Balaban J connectivity index is 1.24. The summed E-state index contributed by atoms with van der Waals surface area (Å²) >= 11 is 0. The van der Waals surface area contributed by atoms with Gasteiger partial charge in [0.15, 0.2) is 0 Å². The first-order valence-electron chi connectivity index (χ1n) is 10.9. The molecule has 176 valence electrons. The van der Waals surface area contributed by atoms with E-state index in [1.54, 1.807) is 24.0 Å². The van der Waals surface area contributed by atoms with Gasteiger partial charge in [0.2, 0.25) is 17.6 Å². The van der Waals surface area contributed by atoms with Gasteiger partial charge in [-0.15, -0.1) is 0 Å². The second-order valence-electron chi connectivity index (χ2n) is 8.05. The summed E-state index contributed by atoms with van der Waals surface area (Å²) in [4.78, 5) is 46.3. The minimum atomic E-state index is -0.532. The fourth-order valence-corrected chi connectivity index (χ4v) is 3.77. The third kappa shape index (κ3) is 5.36. The minimum Gasteiger partial charge on any atom is -0.378 e. The molecule has 2 aliphatic rings. The van der Waals surface area contributed by atoms with Crippen molar-refractivity contribution in [1.82, 2.24) is 24.8 Å². The van der Waals surface area contributed by atoms with Crippen molar-refractivity contribution in [1.29, 1.82) is 0 Å². The molecule has 2 aromatic rings. The van der Waals surface area contributed by atoms with Crippen molar-refractivity contribution in [3.05, 3.63) is 35.5 Å². The van der Waals surface area contributed by atoms with Crippen LogP contribution in [0.15, 0.2) is 22.7 Å². The average Bonchev–Trinajstić information content (AvgIpc) is 3.33. The molecular formula is C22H26FN5O5. The zero-order valence-electron chi connectivity index (χ0n) is 18.5. The van der Waals surface area contributed by atoms with E-state index in [1.807, 2.05) is 0 Å². The van der Waals surface area contributed by atoms with Crippen molar-refractivity contribution in [2.45, 2.75) is 19.8 Å². The zero-order valence-corrected chi connectivity index (χ0v) is 18.5. The first kappa shape index (κ1) is 22.8. The molecule has 0 unspecified atom stereocenters. The molecule has 0 N–H and O–H groups in total. The normalized spacial score (nSPS) is 16.7. The minimum absolute atomic E-state index is 0.0947. The lowest BCUT2D eigenvalue weighted by molar-refractivity contribution is -0.155. The summed E-state index contributed by atoms with van der Waals surface area (Å²) in [6, 6.07) is 4.70. The number of aryl methyl sites for hydroxylation is 2. The first-order chi connectivity index (χ1) is 15.9. The van der Waals surface area contributed by atoms with E-state index in [-0.39, 0.29) is 30.4 Å². The number of piperazine rings is 1. The van der Waals surface area contributed by atoms with Crippen molar-refractivity contribution < 1.29 is 28.0 Å². The second-order valence-corrected chi connectivity index (χ2v) is 8.05. The molecule has 3 amide bonds. The quantitative estimate of drug-likeness (QED) is 0.618. The molecule has 4 rings (SSSR count). The number of nitrogens with zero attached hydrogens (tertiary/aromatic N) is 5. The van der Waals surface area contributed by atoms with Crippen molar-refractivity contribution >= 4 is 17.7 Å². The number of ether oxygens (including phenoxy) is 1. The molecule has 0 spiro atoms. The summed E-state index contributed by atoms with van der Waals surface area (Å²) < 4.78 is 24.2. The number of morpholine rings is 1. The van der Waals surface area contributed by atoms with Crippen LogP contribution in [0.1, 0.15) is 17.9 Å². The fraction of sp³-hybridized carbons (Fsp3) is 0.500. The van der Waals surface area contributed by atoms with E-state index < -0.39 is 11.8 Å². The first-order valence-corrected chi connectivity index (χ1v) is 10.9. The molecule has 11 heteroatoms. The summed E-state index contributed by atoms with van der Waals surface area (Å²) in [5.41, 5.74) is 1.03. The number of aromatic nitrogens is 2. The molecule has 1 aromatic carbocycles. The summed E-state index contributed by atoms with van der Waals surface area (Å²) in [5, 5.41) is 3.87. The van der Waals surface area contributed by atoms with Crippen LogP contribution >= 0.6 is 0 Å². The number of benzene rings is 1. The lowest BCUT2D eigenvalue weighted by Crippen LogP contribution is -2.55. The van der Waals surface area contributed by atoms with Crippen LogP contribution in [-0.2, 0) is 25.5 Å². The molecule has 0 bridgehead atoms. The molecule has 0 saturated carbocycles. The highest BCUT2D eigenvalue weighted by molar-refractivity contribution is 6.34. The smallest absolute Gasteiger partial charge is 0.312 e. The van der Waals surface area contributed by atoms with Crippen LogP contribution in [0.3, 0.4) is 0 Å². The topological polar surface area (TPSA) is 109 Å². The molecule has 3 heterocycles. The average molecular weight is 459 g/mol. The van der Waals surface area contributed by atoms with Gasteiger partial charge in [-0.05, 0) is 18.6 Å². The highest BCUT2D eigenvalue weighted by atomic mass is 19.1. The van der Waals surface area contributed by atoms with Crippen molar-refractivity contribution in [2.24, 2.45) is 0 Å². The number of hydrogen-bond donors (Lipinski definition) is 0. The van der Waals surface area contributed by atoms with Gasteiger partial charge < -0.3 is 24.0 Å². The third-order valence-corrected chi connectivity index (χ3v) is 5.85. The maximum atomic E-state index is 13.8.